The fraction of sp³-hybridized carbons (Fsp3) is 0.238. The third kappa shape index (κ3) is 4.75. The summed E-state index contributed by atoms with van der Waals surface area (Å²) in [4.78, 5) is 17.0. The van der Waals surface area contributed by atoms with Crippen LogP contribution in [-0.4, -0.2) is 48.0 Å². The number of sulfonamides is 1. The van der Waals surface area contributed by atoms with Gasteiger partial charge in [-0.05, 0) is 43.2 Å². The predicted octanol–water partition coefficient (Wildman–Crippen LogP) is 3.47. The number of aryl methyl sites for hydroxylation is 2. The van der Waals surface area contributed by atoms with Crippen LogP contribution in [0, 0.1) is 13.8 Å². The zero-order valence-electron chi connectivity index (χ0n) is 17.3. The third-order valence-electron chi connectivity index (χ3n) is 4.58. The van der Waals surface area contributed by atoms with E-state index in [-0.39, 0.29) is 16.6 Å². The number of imidazole rings is 1. The van der Waals surface area contributed by atoms with E-state index in [4.69, 9.17) is 0 Å². The lowest BCUT2D eigenvalue weighted by Crippen LogP contribution is -2.22. The molecule has 0 saturated carbocycles. The van der Waals surface area contributed by atoms with Crippen LogP contribution in [0.15, 0.2) is 64.9 Å². The second-order valence-electron chi connectivity index (χ2n) is 6.97. The zero-order valence-corrected chi connectivity index (χ0v) is 18.9. The summed E-state index contributed by atoms with van der Waals surface area (Å²) in [6.45, 7) is 3.84. The van der Waals surface area contributed by atoms with Crippen molar-refractivity contribution in [1.29, 1.82) is 0 Å². The molecule has 3 aromatic rings. The first-order chi connectivity index (χ1) is 14.2. The van der Waals surface area contributed by atoms with Gasteiger partial charge in [0.15, 0.2) is 5.16 Å². The van der Waals surface area contributed by atoms with Gasteiger partial charge in [-0.3, -0.25) is 9.36 Å². The Morgan fingerprint density at radius 1 is 1.13 bits per heavy atom. The molecule has 7 nitrogen and oxygen atoms in total. The number of nitrogens with one attached hydrogen (secondary N) is 1. The molecular weight excluding hydrogens is 420 g/mol. The van der Waals surface area contributed by atoms with Crippen molar-refractivity contribution in [2.24, 2.45) is 0 Å². The average molecular weight is 445 g/mol. The van der Waals surface area contributed by atoms with Crippen LogP contribution >= 0.6 is 11.8 Å². The first kappa shape index (κ1) is 22.1. The Kier molecular flexibility index (Phi) is 6.64. The van der Waals surface area contributed by atoms with Crippen molar-refractivity contribution in [3.8, 4) is 5.69 Å². The normalized spacial score (nSPS) is 11.6. The van der Waals surface area contributed by atoms with E-state index in [2.05, 4.69) is 10.3 Å². The van der Waals surface area contributed by atoms with Crippen LogP contribution in [0.3, 0.4) is 0 Å². The van der Waals surface area contributed by atoms with E-state index in [9.17, 15) is 13.2 Å². The maximum atomic E-state index is 12.5. The van der Waals surface area contributed by atoms with Crippen molar-refractivity contribution in [3.05, 3.63) is 66.0 Å². The topological polar surface area (TPSA) is 84.3 Å². The van der Waals surface area contributed by atoms with Gasteiger partial charge in [0.05, 0.1) is 16.3 Å². The molecule has 30 heavy (non-hydrogen) atoms. The summed E-state index contributed by atoms with van der Waals surface area (Å²) in [5.74, 6) is -0.0886. The Morgan fingerprint density at radius 2 is 1.87 bits per heavy atom. The quantitative estimate of drug-likeness (QED) is 0.564. The van der Waals surface area contributed by atoms with Crippen molar-refractivity contribution in [1.82, 2.24) is 13.9 Å². The van der Waals surface area contributed by atoms with Gasteiger partial charge in [-0.15, -0.1) is 0 Å². The molecular formula is C21H24N4O3S2. The summed E-state index contributed by atoms with van der Waals surface area (Å²) < 4.78 is 27.8. The van der Waals surface area contributed by atoms with E-state index in [1.54, 1.807) is 12.3 Å². The summed E-state index contributed by atoms with van der Waals surface area (Å²) >= 11 is 1.32. The molecule has 0 aliphatic carbocycles. The first-order valence-electron chi connectivity index (χ1n) is 9.25. The number of hydrogen-bond acceptors (Lipinski definition) is 5. The number of nitrogens with zero attached hydrogens (tertiary/aromatic N) is 3. The van der Waals surface area contributed by atoms with Crippen LogP contribution < -0.4 is 5.32 Å². The minimum Gasteiger partial charge on any atom is -0.325 e. The molecule has 0 spiro atoms. The zero-order chi connectivity index (χ0) is 21.9. The summed E-state index contributed by atoms with van der Waals surface area (Å²) in [5.41, 5.74) is 3.38. The van der Waals surface area contributed by atoms with Crippen LogP contribution in [0.25, 0.3) is 5.69 Å². The van der Waals surface area contributed by atoms with Crippen LogP contribution in [0.1, 0.15) is 11.1 Å². The van der Waals surface area contributed by atoms with Crippen LogP contribution in [0.4, 0.5) is 5.69 Å². The number of hydrogen-bond donors (Lipinski definition) is 1. The van der Waals surface area contributed by atoms with Gasteiger partial charge in [-0.2, -0.15) is 0 Å². The summed E-state index contributed by atoms with van der Waals surface area (Å²) in [6, 6.07) is 12.7. The van der Waals surface area contributed by atoms with Gasteiger partial charge in [-0.1, -0.05) is 36.0 Å². The molecule has 0 aliphatic heterocycles. The highest BCUT2D eigenvalue weighted by Gasteiger charge is 2.19. The highest BCUT2D eigenvalue weighted by molar-refractivity contribution is 7.99. The second kappa shape index (κ2) is 9.03. The molecule has 0 aliphatic rings. The van der Waals surface area contributed by atoms with E-state index in [1.165, 1.54) is 38.0 Å². The lowest BCUT2D eigenvalue weighted by molar-refractivity contribution is -0.113. The highest BCUT2D eigenvalue weighted by Crippen LogP contribution is 2.25. The maximum absolute atomic E-state index is 12.5. The van der Waals surface area contributed by atoms with Crippen molar-refractivity contribution < 1.29 is 13.2 Å². The number of amides is 1. The number of anilines is 1. The molecule has 3 rings (SSSR count). The second-order valence-corrected chi connectivity index (χ2v) is 10.1. The van der Waals surface area contributed by atoms with Crippen LogP contribution in [0.5, 0.6) is 0 Å². The van der Waals surface area contributed by atoms with E-state index >= 15 is 0 Å². The van der Waals surface area contributed by atoms with E-state index < -0.39 is 10.0 Å². The molecule has 9 heteroatoms. The highest BCUT2D eigenvalue weighted by atomic mass is 32.2. The Bertz CT molecular complexity index is 1170. The Balaban J connectivity index is 1.73. The van der Waals surface area contributed by atoms with Crippen molar-refractivity contribution in [2.75, 3.05) is 25.2 Å². The van der Waals surface area contributed by atoms with E-state index in [0.29, 0.717) is 10.8 Å². The Labute approximate surface area is 181 Å². The maximum Gasteiger partial charge on any atom is 0.242 e. The number of carbonyl (C=O) groups excluding carboxylic acids is 1. The van der Waals surface area contributed by atoms with Gasteiger partial charge in [0, 0.05) is 32.2 Å². The number of para-hydroxylation sites is 1. The van der Waals surface area contributed by atoms with Crippen molar-refractivity contribution >= 4 is 33.4 Å². The molecule has 1 heterocycles. The lowest BCUT2D eigenvalue weighted by Gasteiger charge is -2.14. The van der Waals surface area contributed by atoms with Crippen molar-refractivity contribution in [2.45, 2.75) is 23.9 Å². The fourth-order valence-corrected chi connectivity index (χ4v) is 4.53. The van der Waals surface area contributed by atoms with E-state index in [0.717, 1.165) is 21.1 Å². The molecule has 0 saturated heterocycles. The number of benzene rings is 2. The molecule has 0 radical (unpaired) electrons. The smallest absolute Gasteiger partial charge is 0.242 e. The van der Waals surface area contributed by atoms with Gasteiger partial charge >= 0.3 is 0 Å². The predicted molar refractivity (Wildman–Crippen MR) is 120 cm³/mol. The minimum absolute atomic E-state index is 0.135. The molecule has 2 aromatic carbocycles. The van der Waals surface area contributed by atoms with Crippen LogP contribution in [0.2, 0.25) is 0 Å². The van der Waals surface area contributed by atoms with Crippen molar-refractivity contribution in [3.63, 3.8) is 0 Å². The molecule has 0 fully saturated rings. The summed E-state index contributed by atoms with van der Waals surface area (Å²) in [6.07, 6.45) is 3.56. The van der Waals surface area contributed by atoms with Gasteiger partial charge in [0.25, 0.3) is 0 Å². The van der Waals surface area contributed by atoms with Crippen LogP contribution in [-0.2, 0) is 14.8 Å². The number of carbonyl (C=O) groups is 1. The first-order valence-corrected chi connectivity index (χ1v) is 11.7. The van der Waals surface area contributed by atoms with Gasteiger partial charge in [0.2, 0.25) is 15.9 Å². The van der Waals surface area contributed by atoms with Gasteiger partial charge < -0.3 is 5.32 Å². The Hall–Kier alpha value is -2.62. The largest absolute Gasteiger partial charge is 0.325 e. The monoisotopic (exact) mass is 444 g/mol. The summed E-state index contributed by atoms with van der Waals surface area (Å²) in [5, 5.41) is 3.52. The molecule has 158 valence electrons. The van der Waals surface area contributed by atoms with E-state index in [1.807, 2.05) is 48.9 Å². The minimum atomic E-state index is -3.58. The molecule has 1 amide bonds. The summed E-state index contributed by atoms with van der Waals surface area (Å²) in [7, 11) is -0.631. The molecule has 0 atom stereocenters. The molecule has 1 aromatic heterocycles. The fourth-order valence-electron chi connectivity index (χ4n) is 2.84. The Morgan fingerprint density at radius 3 is 2.57 bits per heavy atom. The number of thioether (sulfide) groups is 1. The number of aromatic nitrogens is 2. The average Bonchev–Trinajstić information content (AvgIpc) is 3.16. The standard InChI is InChI=1S/C21H24N4O3S2/c1-15-9-10-17(30(27,28)24(3)4)13-18(15)23-20(26)14-29-21-22-11-12-25(21)19-8-6-5-7-16(19)2/h5-13H,14H2,1-4H3,(H,23,26). The molecule has 1 N–H and O–H groups in total. The lowest BCUT2D eigenvalue weighted by atomic mass is 10.2. The number of rotatable bonds is 7. The third-order valence-corrected chi connectivity index (χ3v) is 7.35. The molecule has 0 bridgehead atoms. The van der Waals surface area contributed by atoms with Gasteiger partial charge in [-0.25, -0.2) is 17.7 Å². The van der Waals surface area contributed by atoms with Gasteiger partial charge in [0.1, 0.15) is 0 Å². The molecule has 0 unspecified atom stereocenters. The SMILES string of the molecule is Cc1ccc(S(=O)(=O)N(C)C)cc1NC(=O)CSc1nccn1-c1ccccc1C.